The van der Waals surface area contributed by atoms with Gasteiger partial charge in [0.2, 0.25) is 0 Å². The summed E-state index contributed by atoms with van der Waals surface area (Å²) in [6.07, 6.45) is 2.75. The Kier molecular flexibility index (Phi) is 5.58. The number of nitrogens with zero attached hydrogens (tertiary/aromatic N) is 3. The van der Waals surface area contributed by atoms with Crippen LogP contribution in [0.3, 0.4) is 0 Å². The Morgan fingerprint density at radius 3 is 2.44 bits per heavy atom. The minimum absolute atomic E-state index is 0.0596. The summed E-state index contributed by atoms with van der Waals surface area (Å²) in [4.78, 5) is 8.80. The van der Waals surface area contributed by atoms with Crippen molar-refractivity contribution >= 4 is 11.7 Å². The molecule has 0 amide bonds. The van der Waals surface area contributed by atoms with E-state index in [1.54, 1.807) is 6.20 Å². The van der Waals surface area contributed by atoms with Gasteiger partial charge < -0.3 is 15.5 Å². The molecule has 1 aromatic heterocycles. The first-order valence-electron chi connectivity index (χ1n) is 6.24. The second kappa shape index (κ2) is 6.96. The van der Waals surface area contributed by atoms with Crippen molar-refractivity contribution in [3.05, 3.63) is 23.9 Å². The summed E-state index contributed by atoms with van der Waals surface area (Å²) in [5, 5.41) is 7.35. The van der Waals surface area contributed by atoms with Crippen LogP contribution in [-0.4, -0.2) is 49.4 Å². The molecule has 5 heteroatoms. The van der Waals surface area contributed by atoms with Gasteiger partial charge in [0.25, 0.3) is 0 Å². The van der Waals surface area contributed by atoms with E-state index < -0.39 is 0 Å². The van der Waals surface area contributed by atoms with Crippen molar-refractivity contribution < 1.29 is 0 Å². The highest BCUT2D eigenvalue weighted by molar-refractivity contribution is 5.94. The third-order valence-electron chi connectivity index (χ3n) is 2.69. The third-order valence-corrected chi connectivity index (χ3v) is 2.69. The summed E-state index contributed by atoms with van der Waals surface area (Å²) in [6, 6.07) is 3.78. The van der Waals surface area contributed by atoms with Crippen LogP contribution < -0.4 is 10.6 Å². The number of aromatic nitrogens is 1. The van der Waals surface area contributed by atoms with Crippen LogP contribution in [-0.2, 0) is 0 Å². The lowest BCUT2D eigenvalue weighted by Gasteiger charge is -2.25. The van der Waals surface area contributed by atoms with Crippen molar-refractivity contribution in [2.75, 3.05) is 38.6 Å². The first kappa shape index (κ1) is 14.4. The fraction of sp³-hybridized carbons (Fsp3) is 0.538. The highest BCUT2D eigenvalue weighted by Gasteiger charge is 2.07. The molecule has 0 fully saturated rings. The van der Waals surface area contributed by atoms with E-state index in [9.17, 15) is 0 Å². The van der Waals surface area contributed by atoms with Crippen LogP contribution in [0.5, 0.6) is 0 Å². The van der Waals surface area contributed by atoms with Crippen LogP contribution in [0.1, 0.15) is 18.9 Å². The molecule has 0 radical (unpaired) electrons. The third kappa shape index (κ3) is 4.33. The van der Waals surface area contributed by atoms with E-state index in [4.69, 9.17) is 11.1 Å². The van der Waals surface area contributed by atoms with E-state index >= 15 is 0 Å². The van der Waals surface area contributed by atoms with Gasteiger partial charge in [0, 0.05) is 31.4 Å². The average Bonchev–Trinajstić information content (AvgIpc) is 2.34. The fourth-order valence-electron chi connectivity index (χ4n) is 1.66. The molecule has 0 atom stereocenters. The lowest BCUT2D eigenvalue weighted by atomic mass is 10.2. The number of nitrogen functional groups attached to an aromatic ring is 1. The zero-order chi connectivity index (χ0) is 13.5. The normalized spacial score (nSPS) is 10.7. The van der Waals surface area contributed by atoms with Gasteiger partial charge in [0.1, 0.15) is 11.7 Å². The van der Waals surface area contributed by atoms with Crippen molar-refractivity contribution in [2.45, 2.75) is 13.3 Å². The molecular weight excluding hydrogens is 226 g/mol. The van der Waals surface area contributed by atoms with E-state index in [2.05, 4.69) is 35.8 Å². The van der Waals surface area contributed by atoms with Crippen molar-refractivity contribution in [3.8, 4) is 0 Å². The van der Waals surface area contributed by atoms with Crippen LogP contribution in [0, 0.1) is 5.41 Å². The second-order valence-electron chi connectivity index (χ2n) is 4.61. The summed E-state index contributed by atoms with van der Waals surface area (Å²) in [7, 11) is 4.13. The topological polar surface area (TPSA) is 69.2 Å². The summed E-state index contributed by atoms with van der Waals surface area (Å²) < 4.78 is 0. The monoisotopic (exact) mass is 249 g/mol. The Morgan fingerprint density at radius 1 is 1.28 bits per heavy atom. The maximum atomic E-state index is 7.35. The smallest absolute Gasteiger partial charge is 0.128 e. The predicted octanol–water partition coefficient (Wildman–Crippen LogP) is 1.14. The highest BCUT2D eigenvalue weighted by Crippen LogP contribution is 2.11. The predicted molar refractivity (Wildman–Crippen MR) is 76.3 cm³/mol. The van der Waals surface area contributed by atoms with Crippen LogP contribution in [0.15, 0.2) is 18.3 Å². The molecule has 0 aliphatic carbocycles. The van der Waals surface area contributed by atoms with E-state index in [1.807, 2.05) is 12.1 Å². The molecule has 5 nitrogen and oxygen atoms in total. The van der Waals surface area contributed by atoms with Crippen LogP contribution >= 0.6 is 0 Å². The summed E-state index contributed by atoms with van der Waals surface area (Å²) in [6.45, 7) is 5.09. The Morgan fingerprint density at radius 2 is 2.00 bits per heavy atom. The Hall–Kier alpha value is -1.62. The highest BCUT2D eigenvalue weighted by atomic mass is 15.2. The van der Waals surface area contributed by atoms with Crippen molar-refractivity contribution in [3.63, 3.8) is 0 Å². The number of rotatable bonds is 7. The van der Waals surface area contributed by atoms with Crippen molar-refractivity contribution in [1.82, 2.24) is 9.88 Å². The number of hydrogen-bond acceptors (Lipinski definition) is 4. The van der Waals surface area contributed by atoms with Crippen LogP contribution in [0.4, 0.5) is 5.82 Å². The standard InChI is InChI=1S/C13H23N5/c1-4-7-18(9-8-17(2)3)12-6-5-11(10-16-12)13(14)15/h5-6,10H,4,7-9H2,1-3H3,(H3,14,15). The molecule has 0 saturated heterocycles. The first-order valence-corrected chi connectivity index (χ1v) is 6.24. The lowest BCUT2D eigenvalue weighted by Crippen LogP contribution is -2.33. The molecule has 0 bridgehead atoms. The van der Waals surface area contributed by atoms with Gasteiger partial charge in [-0.2, -0.15) is 0 Å². The molecule has 100 valence electrons. The van der Waals surface area contributed by atoms with Gasteiger partial charge in [-0.3, -0.25) is 5.41 Å². The first-order chi connectivity index (χ1) is 8.54. The number of likely N-dealkylation sites (N-methyl/N-ethyl adjacent to an activating group) is 1. The van der Waals surface area contributed by atoms with Crippen LogP contribution in [0.25, 0.3) is 0 Å². The van der Waals surface area contributed by atoms with Gasteiger partial charge >= 0.3 is 0 Å². The maximum Gasteiger partial charge on any atom is 0.128 e. The molecular formula is C13H23N5. The average molecular weight is 249 g/mol. The fourth-order valence-corrected chi connectivity index (χ4v) is 1.66. The summed E-state index contributed by atoms with van der Waals surface area (Å²) >= 11 is 0. The second-order valence-corrected chi connectivity index (χ2v) is 4.61. The number of nitrogens with one attached hydrogen (secondary N) is 1. The minimum atomic E-state index is 0.0596. The molecule has 0 aromatic carbocycles. The van der Waals surface area contributed by atoms with Gasteiger partial charge in [-0.05, 0) is 32.6 Å². The Bertz CT molecular complexity index is 371. The van der Waals surface area contributed by atoms with Gasteiger partial charge in [-0.25, -0.2) is 4.98 Å². The molecule has 0 aliphatic rings. The molecule has 0 unspecified atom stereocenters. The molecule has 0 aliphatic heterocycles. The number of pyridine rings is 1. The van der Waals surface area contributed by atoms with Crippen LogP contribution in [0.2, 0.25) is 0 Å². The maximum absolute atomic E-state index is 7.35. The van der Waals surface area contributed by atoms with Crippen molar-refractivity contribution in [1.29, 1.82) is 5.41 Å². The lowest BCUT2D eigenvalue weighted by molar-refractivity contribution is 0.412. The largest absolute Gasteiger partial charge is 0.384 e. The number of hydrogen-bond donors (Lipinski definition) is 2. The quantitative estimate of drug-likeness (QED) is 0.562. The summed E-state index contributed by atoms with van der Waals surface area (Å²) in [5.41, 5.74) is 6.09. The van der Waals surface area contributed by atoms with Gasteiger partial charge in [-0.1, -0.05) is 6.92 Å². The number of nitrogens with two attached hydrogens (primary N) is 1. The molecule has 0 spiro atoms. The molecule has 1 aromatic rings. The van der Waals surface area contributed by atoms with E-state index in [0.717, 1.165) is 31.9 Å². The van der Waals surface area contributed by atoms with E-state index in [0.29, 0.717) is 5.56 Å². The number of anilines is 1. The molecule has 18 heavy (non-hydrogen) atoms. The van der Waals surface area contributed by atoms with E-state index in [1.165, 1.54) is 0 Å². The zero-order valence-electron chi connectivity index (χ0n) is 11.5. The minimum Gasteiger partial charge on any atom is -0.384 e. The molecule has 3 N–H and O–H groups in total. The molecule has 1 heterocycles. The van der Waals surface area contributed by atoms with Gasteiger partial charge in [0.15, 0.2) is 0 Å². The summed E-state index contributed by atoms with van der Waals surface area (Å²) in [5.74, 6) is 1.01. The Balaban J connectivity index is 2.75. The molecule has 1 rings (SSSR count). The SMILES string of the molecule is CCCN(CCN(C)C)c1ccc(C(=N)N)cn1. The van der Waals surface area contributed by atoms with Gasteiger partial charge in [0.05, 0.1) is 0 Å². The zero-order valence-corrected chi connectivity index (χ0v) is 11.5. The Labute approximate surface area is 109 Å². The van der Waals surface area contributed by atoms with E-state index in [-0.39, 0.29) is 5.84 Å². The number of amidine groups is 1. The van der Waals surface area contributed by atoms with Gasteiger partial charge in [-0.15, -0.1) is 0 Å². The molecule has 0 saturated carbocycles. The van der Waals surface area contributed by atoms with Crippen molar-refractivity contribution in [2.24, 2.45) is 5.73 Å².